The molecule has 5 nitrogen and oxygen atoms in total. The van der Waals surface area contributed by atoms with E-state index < -0.39 is 0 Å². The Bertz CT molecular complexity index is 1210. The number of ether oxygens (including phenoxy) is 1. The van der Waals surface area contributed by atoms with Gasteiger partial charge < -0.3 is 9.30 Å². The van der Waals surface area contributed by atoms with Crippen LogP contribution in [0, 0.1) is 6.92 Å². The van der Waals surface area contributed by atoms with Gasteiger partial charge in [-0.3, -0.25) is 9.20 Å². The van der Waals surface area contributed by atoms with Crippen molar-refractivity contribution in [3.8, 4) is 17.0 Å². The van der Waals surface area contributed by atoms with Crippen molar-refractivity contribution >= 4 is 50.4 Å². The minimum atomic E-state index is -0.0818. The van der Waals surface area contributed by atoms with Crippen LogP contribution in [0.15, 0.2) is 29.2 Å². The Kier molecular flexibility index (Phi) is 3.79. The average Bonchev–Trinajstić information content (AvgIpc) is 3.04. The number of aryl methyl sites for hydroxylation is 2. The molecule has 8 heteroatoms. The second-order valence-corrected chi connectivity index (χ2v) is 7.42. The second-order valence-electron chi connectivity index (χ2n) is 5.64. The molecule has 25 heavy (non-hydrogen) atoms. The second kappa shape index (κ2) is 5.76. The maximum absolute atomic E-state index is 12.0. The molecule has 0 amide bonds. The molecule has 0 aliphatic rings. The van der Waals surface area contributed by atoms with Crippen LogP contribution < -0.4 is 9.61 Å². The van der Waals surface area contributed by atoms with Crippen molar-refractivity contribution in [2.45, 2.75) is 6.92 Å². The van der Waals surface area contributed by atoms with Gasteiger partial charge in [0.25, 0.3) is 0 Å². The number of thiazole rings is 1. The highest BCUT2D eigenvalue weighted by atomic mass is 35.5. The Balaban J connectivity index is 2.14. The lowest BCUT2D eigenvalue weighted by molar-refractivity contribution is 0.391. The molecule has 0 aliphatic carbocycles. The highest BCUT2D eigenvalue weighted by Crippen LogP contribution is 2.42. The van der Waals surface area contributed by atoms with Crippen LogP contribution in [0.3, 0.4) is 0 Å². The zero-order chi connectivity index (χ0) is 17.9. The summed E-state index contributed by atoms with van der Waals surface area (Å²) in [5.74, 6) is 0.660. The van der Waals surface area contributed by atoms with Crippen LogP contribution >= 0.6 is 34.5 Å². The number of imidazole rings is 1. The van der Waals surface area contributed by atoms with Crippen LogP contribution in [-0.2, 0) is 7.05 Å². The first-order chi connectivity index (χ1) is 11.9. The first-order valence-corrected chi connectivity index (χ1v) is 9.00. The van der Waals surface area contributed by atoms with E-state index in [1.165, 1.54) is 0 Å². The van der Waals surface area contributed by atoms with E-state index in [-0.39, 0.29) is 4.87 Å². The molecule has 3 heterocycles. The number of hydrogen-bond donors (Lipinski definition) is 0. The van der Waals surface area contributed by atoms with Crippen LogP contribution in [0.5, 0.6) is 5.88 Å². The van der Waals surface area contributed by atoms with Crippen LogP contribution in [-0.4, -0.2) is 21.1 Å². The molecule has 0 saturated carbocycles. The Morgan fingerprint density at radius 2 is 2.08 bits per heavy atom. The molecular formula is C17H13Cl2N3O2S. The molecule has 0 aliphatic heterocycles. The van der Waals surface area contributed by atoms with E-state index in [1.807, 2.05) is 29.7 Å². The number of pyridine rings is 1. The van der Waals surface area contributed by atoms with Gasteiger partial charge in [-0.25, -0.2) is 4.98 Å². The first-order valence-electron chi connectivity index (χ1n) is 7.43. The van der Waals surface area contributed by atoms with E-state index in [0.717, 1.165) is 27.3 Å². The monoisotopic (exact) mass is 393 g/mol. The largest absolute Gasteiger partial charge is 0.481 e. The lowest BCUT2D eigenvalue weighted by Gasteiger charge is -2.11. The van der Waals surface area contributed by atoms with Crippen molar-refractivity contribution in [3.05, 3.63) is 49.8 Å². The highest BCUT2D eigenvalue weighted by molar-refractivity contribution is 7.16. The third-order valence-corrected chi connectivity index (χ3v) is 5.84. The summed E-state index contributed by atoms with van der Waals surface area (Å²) >= 11 is 14.3. The van der Waals surface area contributed by atoms with E-state index in [9.17, 15) is 4.79 Å². The lowest BCUT2D eigenvalue weighted by Crippen LogP contribution is -2.07. The minimum absolute atomic E-state index is 0.0818. The van der Waals surface area contributed by atoms with Crippen molar-refractivity contribution in [1.82, 2.24) is 14.0 Å². The van der Waals surface area contributed by atoms with Gasteiger partial charge in [0.05, 0.1) is 27.4 Å². The van der Waals surface area contributed by atoms with Gasteiger partial charge >= 0.3 is 4.87 Å². The summed E-state index contributed by atoms with van der Waals surface area (Å²) in [7, 11) is 3.31. The Labute approximate surface area is 157 Å². The van der Waals surface area contributed by atoms with Gasteiger partial charge in [-0.05, 0) is 25.1 Å². The normalized spacial score (nSPS) is 11.6. The Hall–Kier alpha value is -2.02. The number of methoxy groups -OCH3 is 1. The molecule has 0 spiro atoms. The molecule has 4 aromatic rings. The number of nitrogens with zero attached hydrogens (tertiary/aromatic N) is 3. The smallest absolute Gasteiger partial charge is 0.307 e. The third-order valence-electron chi connectivity index (χ3n) is 4.20. The number of fused-ring (bicyclic) bond motifs is 2. The van der Waals surface area contributed by atoms with Gasteiger partial charge in [0, 0.05) is 24.4 Å². The maximum Gasteiger partial charge on any atom is 0.307 e. The molecular weight excluding hydrogens is 381 g/mol. The summed E-state index contributed by atoms with van der Waals surface area (Å²) in [6.07, 6.45) is 1.87. The van der Waals surface area contributed by atoms with Gasteiger partial charge in [0.15, 0.2) is 0 Å². The Morgan fingerprint density at radius 3 is 2.80 bits per heavy atom. The standard InChI is InChI=1S/C17H13Cl2N3O2S/c1-8-16(24-3)22-6-4-5-9(15(22)20-8)12-10(18)7-11-14(13(12)19)21(2)17(23)25-11/h4-7H,1-3H3. The predicted molar refractivity (Wildman–Crippen MR) is 103 cm³/mol. The van der Waals surface area contributed by atoms with Crippen molar-refractivity contribution in [2.75, 3.05) is 7.11 Å². The molecule has 0 unspecified atom stereocenters. The first kappa shape index (κ1) is 16.4. The summed E-state index contributed by atoms with van der Waals surface area (Å²) < 4.78 is 9.59. The van der Waals surface area contributed by atoms with Crippen molar-refractivity contribution in [2.24, 2.45) is 7.05 Å². The van der Waals surface area contributed by atoms with Gasteiger partial charge in [-0.2, -0.15) is 0 Å². The number of hydrogen-bond acceptors (Lipinski definition) is 4. The fourth-order valence-corrected chi connectivity index (χ4v) is 4.91. The molecule has 1 aromatic carbocycles. The lowest BCUT2D eigenvalue weighted by atomic mass is 10.1. The maximum atomic E-state index is 12.0. The number of rotatable bonds is 2. The predicted octanol–water partition coefficient (Wildman–Crippen LogP) is 4.54. The fourth-order valence-electron chi connectivity index (χ4n) is 3.08. The SMILES string of the molecule is COc1c(C)nc2c(-c3c(Cl)cc4sc(=O)n(C)c4c3Cl)cccn12. The number of aromatic nitrogens is 3. The average molecular weight is 394 g/mol. The molecule has 128 valence electrons. The molecule has 0 atom stereocenters. The van der Waals surface area contributed by atoms with Crippen LogP contribution in [0.1, 0.15) is 5.69 Å². The summed E-state index contributed by atoms with van der Waals surface area (Å²) in [6, 6.07) is 5.57. The van der Waals surface area contributed by atoms with E-state index in [4.69, 9.17) is 27.9 Å². The van der Waals surface area contributed by atoms with Crippen molar-refractivity contribution in [1.29, 1.82) is 0 Å². The van der Waals surface area contributed by atoms with E-state index in [1.54, 1.807) is 24.8 Å². The van der Waals surface area contributed by atoms with Crippen LogP contribution in [0.2, 0.25) is 10.0 Å². The fraction of sp³-hybridized carbons (Fsp3) is 0.176. The third kappa shape index (κ3) is 2.28. The summed E-state index contributed by atoms with van der Waals surface area (Å²) in [6.45, 7) is 1.88. The number of halogens is 2. The molecule has 0 N–H and O–H groups in total. The minimum Gasteiger partial charge on any atom is -0.481 e. The topological polar surface area (TPSA) is 48.5 Å². The van der Waals surface area contributed by atoms with Gasteiger partial charge in [0.2, 0.25) is 5.88 Å². The zero-order valence-electron chi connectivity index (χ0n) is 13.6. The van der Waals surface area contributed by atoms with Gasteiger partial charge in [0.1, 0.15) is 11.3 Å². The summed E-state index contributed by atoms with van der Waals surface area (Å²) in [4.78, 5) is 16.5. The van der Waals surface area contributed by atoms with Crippen molar-refractivity contribution < 1.29 is 4.74 Å². The van der Waals surface area contributed by atoms with Crippen LogP contribution in [0.4, 0.5) is 0 Å². The molecule has 0 saturated heterocycles. The van der Waals surface area contributed by atoms with E-state index >= 15 is 0 Å². The number of benzene rings is 1. The highest BCUT2D eigenvalue weighted by Gasteiger charge is 2.21. The molecule has 0 bridgehead atoms. The molecule has 4 rings (SSSR count). The van der Waals surface area contributed by atoms with Gasteiger partial charge in [-0.1, -0.05) is 34.5 Å². The molecule has 3 aromatic heterocycles. The zero-order valence-corrected chi connectivity index (χ0v) is 16.0. The van der Waals surface area contributed by atoms with Crippen molar-refractivity contribution in [3.63, 3.8) is 0 Å². The van der Waals surface area contributed by atoms with Gasteiger partial charge in [-0.15, -0.1) is 0 Å². The summed E-state index contributed by atoms with van der Waals surface area (Å²) in [5, 5.41) is 0.920. The molecule has 0 fully saturated rings. The van der Waals surface area contributed by atoms with E-state index in [0.29, 0.717) is 32.7 Å². The quantitative estimate of drug-likeness (QED) is 0.502. The molecule has 0 radical (unpaired) electrons. The summed E-state index contributed by atoms with van der Waals surface area (Å²) in [5.41, 5.74) is 3.58. The Morgan fingerprint density at radius 1 is 1.32 bits per heavy atom. The van der Waals surface area contributed by atoms with E-state index in [2.05, 4.69) is 4.98 Å². The van der Waals surface area contributed by atoms with Crippen LogP contribution in [0.25, 0.3) is 27.0 Å².